The van der Waals surface area contributed by atoms with Crippen LogP contribution >= 0.6 is 0 Å². The molecule has 0 saturated heterocycles. The SMILES string of the molecule is CC/C(=C/C(O)(CC)CC)c1ccc(C(CC)(CC)c2ccc(OC[C@@H](O)CCC(=O)O)c(C)c2)cc1C. The van der Waals surface area contributed by atoms with Gasteiger partial charge in [-0.15, -0.1) is 0 Å². The van der Waals surface area contributed by atoms with E-state index in [-0.39, 0.29) is 24.9 Å². The summed E-state index contributed by atoms with van der Waals surface area (Å²) in [5, 5.41) is 29.8. The molecule has 0 amide bonds. The number of benzene rings is 2. The maximum atomic E-state index is 10.9. The summed E-state index contributed by atoms with van der Waals surface area (Å²) in [5.74, 6) is -0.221. The van der Waals surface area contributed by atoms with Crippen LogP contribution in [-0.2, 0) is 10.2 Å². The summed E-state index contributed by atoms with van der Waals surface area (Å²) in [7, 11) is 0. The number of hydrogen-bond donors (Lipinski definition) is 3. The second kappa shape index (κ2) is 14.0. The molecule has 0 heterocycles. The number of allylic oxidation sites excluding steroid dienone is 1. The Kier molecular flexibility index (Phi) is 11.6. The Labute approximate surface area is 229 Å². The van der Waals surface area contributed by atoms with Gasteiger partial charge in [-0.25, -0.2) is 0 Å². The summed E-state index contributed by atoms with van der Waals surface area (Å²) >= 11 is 0. The van der Waals surface area contributed by atoms with Crippen LogP contribution in [0.4, 0.5) is 0 Å². The molecule has 1 atom stereocenters. The molecule has 0 radical (unpaired) electrons. The molecule has 0 aliphatic heterocycles. The van der Waals surface area contributed by atoms with Gasteiger partial charge in [0.05, 0.1) is 11.7 Å². The Morgan fingerprint density at radius 1 is 0.921 bits per heavy atom. The van der Waals surface area contributed by atoms with E-state index in [1.807, 2.05) is 26.8 Å². The minimum absolute atomic E-state index is 0.0687. The number of carboxylic acids is 1. The van der Waals surface area contributed by atoms with Crippen LogP contribution < -0.4 is 4.74 Å². The van der Waals surface area contributed by atoms with Crippen LogP contribution in [0.5, 0.6) is 5.75 Å². The van der Waals surface area contributed by atoms with Crippen LogP contribution in [0.3, 0.4) is 0 Å². The van der Waals surface area contributed by atoms with Crippen LogP contribution in [0.15, 0.2) is 42.5 Å². The van der Waals surface area contributed by atoms with Gasteiger partial charge < -0.3 is 20.1 Å². The molecule has 0 unspecified atom stereocenters. The highest BCUT2D eigenvalue weighted by Gasteiger charge is 2.32. The van der Waals surface area contributed by atoms with E-state index < -0.39 is 17.7 Å². The summed E-state index contributed by atoms with van der Waals surface area (Å²) < 4.78 is 5.83. The van der Waals surface area contributed by atoms with Crippen molar-refractivity contribution in [1.29, 1.82) is 0 Å². The second-order valence-corrected chi connectivity index (χ2v) is 10.5. The first-order chi connectivity index (χ1) is 18.0. The van der Waals surface area contributed by atoms with Crippen molar-refractivity contribution in [3.63, 3.8) is 0 Å². The van der Waals surface area contributed by atoms with Crippen LogP contribution in [0.1, 0.15) is 107 Å². The monoisotopic (exact) mass is 524 g/mol. The lowest BCUT2D eigenvalue weighted by Crippen LogP contribution is -2.26. The van der Waals surface area contributed by atoms with E-state index in [1.54, 1.807) is 0 Å². The lowest BCUT2D eigenvalue weighted by Gasteiger charge is -2.34. The lowest BCUT2D eigenvalue weighted by molar-refractivity contribution is -0.137. The first-order valence-electron chi connectivity index (χ1n) is 14.2. The van der Waals surface area contributed by atoms with Gasteiger partial charge in [0.15, 0.2) is 0 Å². The highest BCUT2D eigenvalue weighted by atomic mass is 16.5. The smallest absolute Gasteiger partial charge is 0.303 e. The van der Waals surface area contributed by atoms with Crippen molar-refractivity contribution in [1.82, 2.24) is 0 Å². The van der Waals surface area contributed by atoms with E-state index in [0.717, 1.165) is 24.8 Å². The molecule has 0 aromatic heterocycles. The molecule has 0 aliphatic rings. The fourth-order valence-corrected chi connectivity index (χ4v) is 5.37. The number of hydrogen-bond acceptors (Lipinski definition) is 4. The van der Waals surface area contributed by atoms with E-state index in [9.17, 15) is 15.0 Å². The fraction of sp³-hybridized carbons (Fsp3) is 0.545. The Bertz CT molecular complexity index is 1090. The minimum atomic E-state index is -0.923. The molecule has 5 nitrogen and oxygen atoms in total. The maximum Gasteiger partial charge on any atom is 0.303 e. The highest BCUT2D eigenvalue weighted by molar-refractivity contribution is 5.70. The van der Waals surface area contributed by atoms with Crippen molar-refractivity contribution in [3.8, 4) is 5.75 Å². The molecule has 0 fully saturated rings. The number of carboxylic acid groups (broad SMARTS) is 1. The van der Waals surface area contributed by atoms with Crippen LogP contribution in [-0.4, -0.2) is 39.6 Å². The Morgan fingerprint density at radius 2 is 1.50 bits per heavy atom. The zero-order chi connectivity index (χ0) is 28.5. The van der Waals surface area contributed by atoms with Crippen molar-refractivity contribution >= 4 is 11.5 Å². The van der Waals surface area contributed by atoms with Gasteiger partial charge in [-0.2, -0.15) is 0 Å². The lowest BCUT2D eigenvalue weighted by atomic mass is 9.69. The number of aliphatic hydroxyl groups is 2. The molecule has 0 bridgehead atoms. The Hall–Kier alpha value is -2.63. The van der Waals surface area contributed by atoms with Crippen LogP contribution in [0.2, 0.25) is 0 Å². The number of aliphatic carboxylic acids is 1. The van der Waals surface area contributed by atoms with Gasteiger partial charge in [-0.05, 0) is 97.9 Å². The molecular formula is C33H48O5. The summed E-state index contributed by atoms with van der Waals surface area (Å²) in [4.78, 5) is 10.7. The van der Waals surface area contributed by atoms with Crippen molar-refractivity contribution in [2.75, 3.05) is 6.61 Å². The van der Waals surface area contributed by atoms with Gasteiger partial charge in [0.2, 0.25) is 0 Å². The van der Waals surface area contributed by atoms with Crippen molar-refractivity contribution in [2.24, 2.45) is 0 Å². The number of ether oxygens (including phenoxy) is 1. The van der Waals surface area contributed by atoms with E-state index in [2.05, 4.69) is 64.1 Å². The second-order valence-electron chi connectivity index (χ2n) is 10.5. The van der Waals surface area contributed by atoms with Crippen molar-refractivity contribution in [3.05, 3.63) is 70.3 Å². The average molecular weight is 525 g/mol. The first-order valence-corrected chi connectivity index (χ1v) is 14.2. The molecule has 0 saturated carbocycles. The van der Waals surface area contributed by atoms with Crippen LogP contribution in [0.25, 0.3) is 5.57 Å². The quantitative estimate of drug-likeness (QED) is 0.227. The summed E-state index contributed by atoms with van der Waals surface area (Å²) in [6, 6.07) is 13.0. The third kappa shape index (κ3) is 7.48. The van der Waals surface area contributed by atoms with Gasteiger partial charge in [0.1, 0.15) is 12.4 Å². The van der Waals surface area contributed by atoms with Crippen molar-refractivity contribution in [2.45, 2.75) is 111 Å². The molecule has 2 aromatic rings. The molecule has 0 aliphatic carbocycles. The fourth-order valence-electron chi connectivity index (χ4n) is 5.37. The van der Waals surface area contributed by atoms with E-state index >= 15 is 0 Å². The topological polar surface area (TPSA) is 87.0 Å². The standard InChI is InChI=1S/C33H48O5/c1-8-25(21-32(37,9-2)10-3)29-16-13-26(19-23(29)6)33(11-4,12-5)27-14-17-30(24(7)20-27)38-22-28(34)15-18-31(35)36/h13-14,16-17,19-21,28,34,37H,8-12,15,18,22H2,1-7H3,(H,35,36)/b25-21-/t28-/m0/s1. The largest absolute Gasteiger partial charge is 0.491 e. The predicted octanol–water partition coefficient (Wildman–Crippen LogP) is 7.36. The van der Waals surface area contributed by atoms with Gasteiger partial charge in [-0.3, -0.25) is 4.79 Å². The zero-order valence-corrected chi connectivity index (χ0v) is 24.4. The third-order valence-corrected chi connectivity index (χ3v) is 8.23. The Balaban J connectivity index is 2.39. The van der Waals surface area contributed by atoms with Crippen LogP contribution in [0, 0.1) is 13.8 Å². The van der Waals surface area contributed by atoms with Crippen molar-refractivity contribution < 1.29 is 24.9 Å². The highest BCUT2D eigenvalue weighted by Crippen LogP contribution is 2.41. The van der Waals surface area contributed by atoms with Gasteiger partial charge in [0, 0.05) is 11.8 Å². The maximum absolute atomic E-state index is 10.9. The molecular weight excluding hydrogens is 476 g/mol. The summed E-state index contributed by atoms with van der Waals surface area (Å²) in [5.41, 5.74) is 6.14. The van der Waals surface area contributed by atoms with E-state index in [1.165, 1.54) is 27.8 Å². The first kappa shape index (κ1) is 31.6. The predicted molar refractivity (Wildman–Crippen MR) is 156 cm³/mol. The van der Waals surface area contributed by atoms with Gasteiger partial charge in [-0.1, -0.05) is 65.0 Å². The zero-order valence-electron chi connectivity index (χ0n) is 24.4. The number of aryl methyl sites for hydroxylation is 2. The van der Waals surface area contributed by atoms with E-state index in [0.29, 0.717) is 18.6 Å². The number of carbonyl (C=O) groups is 1. The minimum Gasteiger partial charge on any atom is -0.491 e. The molecule has 2 aromatic carbocycles. The average Bonchev–Trinajstić information content (AvgIpc) is 2.91. The normalized spacial score (nSPS) is 13.4. The molecule has 5 heteroatoms. The van der Waals surface area contributed by atoms with Gasteiger partial charge >= 0.3 is 5.97 Å². The molecule has 2 rings (SSSR count). The van der Waals surface area contributed by atoms with E-state index in [4.69, 9.17) is 9.84 Å². The third-order valence-electron chi connectivity index (χ3n) is 8.23. The summed E-state index contributed by atoms with van der Waals surface area (Å²) in [6.45, 7) is 14.9. The molecule has 38 heavy (non-hydrogen) atoms. The molecule has 3 N–H and O–H groups in total. The molecule has 210 valence electrons. The summed E-state index contributed by atoms with van der Waals surface area (Å²) in [6.07, 6.45) is 5.47. The van der Waals surface area contributed by atoms with Gasteiger partial charge in [0.25, 0.3) is 0 Å². The number of aliphatic hydroxyl groups excluding tert-OH is 1. The number of rotatable bonds is 15. The molecule has 0 spiro atoms. The Morgan fingerprint density at radius 3 is 1.97 bits per heavy atom.